The molecule has 0 saturated carbocycles. The van der Waals surface area contributed by atoms with Gasteiger partial charge in [0.05, 0.1) is 0 Å². The molecule has 0 bridgehead atoms. The Balaban J connectivity index is 1.77. The number of nitrogens with zero attached hydrogens (tertiary/aromatic N) is 1. The number of hydrogen-bond acceptors (Lipinski definition) is 2. The van der Waals surface area contributed by atoms with Gasteiger partial charge in [0, 0.05) is 6.04 Å². The van der Waals surface area contributed by atoms with E-state index in [4.69, 9.17) is 5.73 Å². The van der Waals surface area contributed by atoms with E-state index in [-0.39, 0.29) is 11.9 Å². The minimum absolute atomic E-state index is 0.00934. The number of piperidine rings is 1. The lowest BCUT2D eigenvalue weighted by atomic mass is 9.78. The zero-order chi connectivity index (χ0) is 14.6. The van der Waals surface area contributed by atoms with Crippen LogP contribution in [-0.2, 0) is 0 Å². The molecule has 1 aromatic rings. The maximum Gasteiger partial charge on any atom is 0.123 e. The van der Waals surface area contributed by atoms with E-state index in [2.05, 4.69) is 18.7 Å². The maximum absolute atomic E-state index is 12.9. The van der Waals surface area contributed by atoms with E-state index >= 15 is 0 Å². The molecule has 20 heavy (non-hydrogen) atoms. The van der Waals surface area contributed by atoms with E-state index in [1.54, 1.807) is 12.1 Å². The fourth-order valence-corrected chi connectivity index (χ4v) is 2.87. The van der Waals surface area contributed by atoms with Crippen LogP contribution in [-0.4, -0.2) is 24.5 Å². The maximum atomic E-state index is 12.9. The van der Waals surface area contributed by atoms with Gasteiger partial charge in [-0.1, -0.05) is 32.4 Å². The number of rotatable bonds is 5. The SMILES string of the molecule is CCC1(C)CCN(CCC(N)c2ccc(F)cc2)CC1. The topological polar surface area (TPSA) is 29.3 Å². The van der Waals surface area contributed by atoms with Gasteiger partial charge in [-0.05, 0) is 62.0 Å². The molecular formula is C17H27FN2. The van der Waals surface area contributed by atoms with Crippen molar-refractivity contribution in [1.82, 2.24) is 4.90 Å². The van der Waals surface area contributed by atoms with Crippen molar-refractivity contribution in [3.63, 3.8) is 0 Å². The van der Waals surface area contributed by atoms with Gasteiger partial charge in [-0.3, -0.25) is 0 Å². The van der Waals surface area contributed by atoms with Crippen LogP contribution < -0.4 is 5.73 Å². The molecule has 0 amide bonds. The first-order valence-electron chi connectivity index (χ1n) is 7.76. The Morgan fingerprint density at radius 3 is 2.40 bits per heavy atom. The molecule has 0 spiro atoms. The van der Waals surface area contributed by atoms with Crippen molar-refractivity contribution in [1.29, 1.82) is 0 Å². The minimum Gasteiger partial charge on any atom is -0.324 e. The summed E-state index contributed by atoms with van der Waals surface area (Å²) in [4.78, 5) is 2.51. The molecule has 2 nitrogen and oxygen atoms in total. The molecule has 0 radical (unpaired) electrons. The van der Waals surface area contributed by atoms with Crippen LogP contribution in [0.3, 0.4) is 0 Å². The number of benzene rings is 1. The largest absolute Gasteiger partial charge is 0.324 e. The smallest absolute Gasteiger partial charge is 0.123 e. The van der Waals surface area contributed by atoms with E-state index in [9.17, 15) is 4.39 Å². The predicted molar refractivity (Wildman–Crippen MR) is 82.0 cm³/mol. The summed E-state index contributed by atoms with van der Waals surface area (Å²) in [6.45, 7) is 8.09. The lowest BCUT2D eigenvalue weighted by Gasteiger charge is -2.39. The molecule has 0 aliphatic carbocycles. The first-order chi connectivity index (χ1) is 9.52. The summed E-state index contributed by atoms with van der Waals surface area (Å²) in [7, 11) is 0. The van der Waals surface area contributed by atoms with Crippen LogP contribution in [0.4, 0.5) is 4.39 Å². The fourth-order valence-electron chi connectivity index (χ4n) is 2.87. The van der Waals surface area contributed by atoms with Gasteiger partial charge >= 0.3 is 0 Å². The van der Waals surface area contributed by atoms with Gasteiger partial charge in [-0.25, -0.2) is 4.39 Å². The first-order valence-corrected chi connectivity index (χ1v) is 7.76. The first kappa shape index (κ1) is 15.5. The highest BCUT2D eigenvalue weighted by molar-refractivity contribution is 5.19. The molecule has 0 aromatic heterocycles. The Bertz CT molecular complexity index is 408. The molecule has 1 unspecified atom stereocenters. The van der Waals surface area contributed by atoms with Crippen LogP contribution in [0.15, 0.2) is 24.3 Å². The van der Waals surface area contributed by atoms with E-state index in [1.165, 1.54) is 44.5 Å². The molecule has 1 aliphatic heterocycles. The van der Waals surface area contributed by atoms with Crippen LogP contribution in [0.5, 0.6) is 0 Å². The number of likely N-dealkylation sites (tertiary alicyclic amines) is 1. The lowest BCUT2D eigenvalue weighted by molar-refractivity contribution is 0.112. The number of halogens is 1. The van der Waals surface area contributed by atoms with Crippen molar-refractivity contribution < 1.29 is 4.39 Å². The Morgan fingerprint density at radius 2 is 1.85 bits per heavy atom. The van der Waals surface area contributed by atoms with Gasteiger partial charge in [-0.15, -0.1) is 0 Å². The second-order valence-electron chi connectivity index (χ2n) is 6.45. The molecule has 1 atom stereocenters. The Labute approximate surface area is 122 Å². The summed E-state index contributed by atoms with van der Waals surface area (Å²) < 4.78 is 12.9. The summed E-state index contributed by atoms with van der Waals surface area (Å²) >= 11 is 0. The summed E-state index contributed by atoms with van der Waals surface area (Å²) in [5.74, 6) is -0.198. The van der Waals surface area contributed by atoms with Gasteiger partial charge in [0.2, 0.25) is 0 Å². The molecule has 2 N–H and O–H groups in total. The highest BCUT2D eigenvalue weighted by atomic mass is 19.1. The van der Waals surface area contributed by atoms with Gasteiger partial charge in [-0.2, -0.15) is 0 Å². The van der Waals surface area contributed by atoms with E-state index in [1.807, 2.05) is 0 Å². The Kier molecular flexibility index (Phi) is 5.17. The van der Waals surface area contributed by atoms with Crippen LogP contribution in [0.25, 0.3) is 0 Å². The van der Waals surface area contributed by atoms with E-state index in [0.29, 0.717) is 5.41 Å². The second kappa shape index (κ2) is 6.68. The summed E-state index contributed by atoms with van der Waals surface area (Å²) in [6, 6.07) is 6.58. The predicted octanol–water partition coefficient (Wildman–Crippen LogP) is 3.73. The quantitative estimate of drug-likeness (QED) is 0.889. The highest BCUT2D eigenvalue weighted by Crippen LogP contribution is 2.34. The van der Waals surface area contributed by atoms with Crippen LogP contribution in [0, 0.1) is 11.2 Å². The van der Waals surface area contributed by atoms with Crippen LogP contribution in [0.2, 0.25) is 0 Å². The molecule has 3 heteroatoms. The van der Waals surface area contributed by atoms with Crippen LogP contribution >= 0.6 is 0 Å². The third kappa shape index (κ3) is 4.03. The monoisotopic (exact) mass is 278 g/mol. The van der Waals surface area contributed by atoms with Crippen molar-refractivity contribution in [2.45, 2.75) is 45.6 Å². The van der Waals surface area contributed by atoms with Crippen molar-refractivity contribution in [2.75, 3.05) is 19.6 Å². The molecule has 1 aliphatic rings. The molecule has 112 valence electrons. The average molecular weight is 278 g/mol. The van der Waals surface area contributed by atoms with Crippen molar-refractivity contribution in [2.24, 2.45) is 11.1 Å². The van der Waals surface area contributed by atoms with E-state index in [0.717, 1.165) is 18.5 Å². The highest BCUT2D eigenvalue weighted by Gasteiger charge is 2.28. The fraction of sp³-hybridized carbons (Fsp3) is 0.647. The number of hydrogen-bond donors (Lipinski definition) is 1. The van der Waals surface area contributed by atoms with Gasteiger partial charge in [0.25, 0.3) is 0 Å². The third-order valence-electron chi connectivity index (χ3n) is 4.97. The second-order valence-corrected chi connectivity index (χ2v) is 6.45. The van der Waals surface area contributed by atoms with Gasteiger partial charge in [0.15, 0.2) is 0 Å². The normalized spacial score (nSPS) is 20.8. The average Bonchev–Trinajstić information content (AvgIpc) is 2.47. The zero-order valence-electron chi connectivity index (χ0n) is 12.7. The van der Waals surface area contributed by atoms with Gasteiger partial charge in [0.1, 0.15) is 5.82 Å². The minimum atomic E-state index is -0.198. The third-order valence-corrected chi connectivity index (χ3v) is 4.97. The summed E-state index contributed by atoms with van der Waals surface area (Å²) in [5.41, 5.74) is 7.76. The zero-order valence-corrected chi connectivity index (χ0v) is 12.7. The van der Waals surface area contributed by atoms with Crippen molar-refractivity contribution in [3.8, 4) is 0 Å². The lowest BCUT2D eigenvalue weighted by Crippen LogP contribution is -2.39. The van der Waals surface area contributed by atoms with Crippen molar-refractivity contribution in [3.05, 3.63) is 35.6 Å². The van der Waals surface area contributed by atoms with Gasteiger partial charge < -0.3 is 10.6 Å². The molecule has 1 aromatic carbocycles. The molecule has 1 fully saturated rings. The van der Waals surface area contributed by atoms with Crippen molar-refractivity contribution >= 4 is 0 Å². The molecular weight excluding hydrogens is 251 g/mol. The standard InChI is InChI=1S/C17H27FN2/c1-3-17(2)9-12-20(13-10-17)11-8-16(19)14-4-6-15(18)7-5-14/h4-7,16H,3,8-13,19H2,1-2H3. The molecule has 1 heterocycles. The van der Waals surface area contributed by atoms with E-state index < -0.39 is 0 Å². The summed E-state index contributed by atoms with van der Waals surface area (Å²) in [6.07, 6.45) is 4.79. The van der Waals surface area contributed by atoms with Crippen LogP contribution in [0.1, 0.15) is 51.1 Å². The molecule has 1 saturated heterocycles. The Hall–Kier alpha value is -0.930. The Morgan fingerprint density at radius 1 is 1.25 bits per heavy atom. The number of nitrogens with two attached hydrogens (primary N) is 1. The summed E-state index contributed by atoms with van der Waals surface area (Å²) in [5, 5.41) is 0. The molecule has 2 rings (SSSR count).